The van der Waals surface area contributed by atoms with Gasteiger partial charge in [0.15, 0.2) is 5.85 Å². The maximum atomic E-state index is 12.7. The molecule has 0 aliphatic carbocycles. The van der Waals surface area contributed by atoms with E-state index in [1.807, 2.05) is 24.3 Å². The predicted octanol–water partition coefficient (Wildman–Crippen LogP) is 4.36. The molecule has 0 fully saturated rings. The lowest BCUT2D eigenvalue weighted by atomic mass is 10.2. The first kappa shape index (κ1) is 15.9. The lowest BCUT2D eigenvalue weighted by molar-refractivity contribution is 0.109. The number of rotatable bonds is 7. The van der Waals surface area contributed by atoms with E-state index in [9.17, 15) is 4.57 Å². The average Bonchev–Trinajstić information content (AvgIpc) is 2.30. The highest BCUT2D eigenvalue weighted by Crippen LogP contribution is 2.61. The van der Waals surface area contributed by atoms with Gasteiger partial charge in [0.1, 0.15) is 0 Å². The van der Waals surface area contributed by atoms with Gasteiger partial charge in [-0.15, -0.1) is 0 Å². The largest absolute Gasteiger partial charge is 0.364 e. The molecular weight excluding hydrogens is 319 g/mol. The van der Waals surface area contributed by atoms with Gasteiger partial charge in [0.05, 0.1) is 13.2 Å². The number of benzene rings is 1. The van der Waals surface area contributed by atoms with Crippen molar-refractivity contribution in [2.24, 2.45) is 0 Å². The molecule has 18 heavy (non-hydrogen) atoms. The van der Waals surface area contributed by atoms with Crippen molar-refractivity contribution < 1.29 is 18.3 Å². The summed E-state index contributed by atoms with van der Waals surface area (Å²) in [6.45, 7) is 4.18. The van der Waals surface area contributed by atoms with Crippen molar-refractivity contribution >= 4 is 23.5 Å². The third-order valence-electron chi connectivity index (χ3n) is 2.26. The monoisotopic (exact) mass is 336 g/mol. The molecule has 4 nitrogen and oxygen atoms in total. The summed E-state index contributed by atoms with van der Waals surface area (Å²) in [5.41, 5.74) is 0.761. The molecule has 0 N–H and O–H groups in total. The fraction of sp³-hybridized carbons (Fsp3) is 0.500. The van der Waals surface area contributed by atoms with E-state index in [4.69, 9.17) is 13.8 Å². The normalized spacial score (nSPS) is 13.6. The Hall–Kier alpha value is -0.190. The molecule has 0 amide bonds. The molecule has 1 aromatic carbocycles. The number of ether oxygens (including phenoxy) is 1. The minimum Gasteiger partial charge on any atom is -0.364 e. The minimum atomic E-state index is -3.31. The maximum absolute atomic E-state index is 12.7. The summed E-state index contributed by atoms with van der Waals surface area (Å²) in [5.74, 6) is -0.713. The lowest BCUT2D eigenvalue weighted by Crippen LogP contribution is -2.08. The molecule has 0 aliphatic rings. The summed E-state index contributed by atoms with van der Waals surface area (Å²) < 4.78 is 29.5. The first-order chi connectivity index (χ1) is 8.57. The molecule has 0 radical (unpaired) electrons. The van der Waals surface area contributed by atoms with Crippen molar-refractivity contribution in [2.75, 3.05) is 20.3 Å². The van der Waals surface area contributed by atoms with Gasteiger partial charge in [-0.1, -0.05) is 28.1 Å². The fourth-order valence-corrected chi connectivity index (χ4v) is 3.91. The van der Waals surface area contributed by atoms with Crippen molar-refractivity contribution in [2.45, 2.75) is 19.7 Å². The third-order valence-corrected chi connectivity index (χ3v) is 5.08. The third kappa shape index (κ3) is 3.90. The Morgan fingerprint density at radius 1 is 1.28 bits per heavy atom. The summed E-state index contributed by atoms with van der Waals surface area (Å²) >= 11 is 3.38. The molecule has 0 bridgehead atoms. The van der Waals surface area contributed by atoms with Crippen molar-refractivity contribution in [3.63, 3.8) is 0 Å². The molecule has 0 heterocycles. The van der Waals surface area contributed by atoms with Crippen molar-refractivity contribution in [1.29, 1.82) is 0 Å². The van der Waals surface area contributed by atoms with E-state index in [0.717, 1.165) is 10.0 Å². The van der Waals surface area contributed by atoms with Crippen molar-refractivity contribution in [1.82, 2.24) is 0 Å². The molecule has 0 saturated carbocycles. The van der Waals surface area contributed by atoms with Gasteiger partial charge in [0.2, 0.25) is 0 Å². The number of hydrogen-bond donors (Lipinski definition) is 0. The Bertz CT molecular complexity index is 414. The van der Waals surface area contributed by atoms with Crippen LogP contribution < -0.4 is 0 Å². The van der Waals surface area contributed by atoms with E-state index >= 15 is 0 Å². The fourth-order valence-electron chi connectivity index (χ4n) is 1.64. The number of halogens is 1. The quantitative estimate of drug-likeness (QED) is 0.694. The Balaban J connectivity index is 3.09. The predicted molar refractivity (Wildman–Crippen MR) is 74.8 cm³/mol. The summed E-state index contributed by atoms with van der Waals surface area (Å²) in [6, 6.07) is 7.43. The van der Waals surface area contributed by atoms with Crippen LogP contribution in [-0.2, 0) is 18.3 Å². The second kappa shape index (κ2) is 7.41. The van der Waals surface area contributed by atoms with Crippen LogP contribution in [0.1, 0.15) is 25.3 Å². The van der Waals surface area contributed by atoms with Crippen LogP contribution in [-0.4, -0.2) is 20.3 Å². The molecule has 0 aliphatic heterocycles. The second-order valence-electron chi connectivity index (χ2n) is 3.52. The average molecular weight is 337 g/mol. The zero-order valence-corrected chi connectivity index (χ0v) is 13.2. The van der Waals surface area contributed by atoms with Crippen LogP contribution in [0, 0.1) is 0 Å². The summed E-state index contributed by atoms with van der Waals surface area (Å²) in [5, 5.41) is 0. The first-order valence-corrected chi connectivity index (χ1v) is 8.15. The van der Waals surface area contributed by atoms with Crippen LogP contribution in [0.4, 0.5) is 0 Å². The van der Waals surface area contributed by atoms with Gasteiger partial charge in [0.25, 0.3) is 0 Å². The summed E-state index contributed by atoms with van der Waals surface area (Å²) in [4.78, 5) is 0. The van der Waals surface area contributed by atoms with Gasteiger partial charge < -0.3 is 13.8 Å². The SMILES string of the molecule is CCOP(=O)(OCC)C(OC)c1cccc(Br)c1. The second-order valence-corrected chi connectivity index (χ2v) is 6.50. The van der Waals surface area contributed by atoms with E-state index in [1.54, 1.807) is 13.8 Å². The van der Waals surface area contributed by atoms with Gasteiger partial charge >= 0.3 is 7.60 Å². The van der Waals surface area contributed by atoms with Gasteiger partial charge in [0, 0.05) is 11.6 Å². The van der Waals surface area contributed by atoms with E-state index < -0.39 is 13.4 Å². The zero-order valence-electron chi connectivity index (χ0n) is 10.8. The van der Waals surface area contributed by atoms with Gasteiger partial charge in [-0.2, -0.15) is 0 Å². The highest BCUT2D eigenvalue weighted by Gasteiger charge is 2.37. The molecule has 6 heteroatoms. The van der Waals surface area contributed by atoms with Crippen LogP contribution in [0.25, 0.3) is 0 Å². The molecule has 0 spiro atoms. The standard InChI is InChI=1S/C12H18BrO4P/c1-4-16-18(14,17-5-2)12(15-3)10-7-6-8-11(13)9-10/h6-9,12H,4-5H2,1-3H3. The maximum Gasteiger partial charge on any atom is 0.363 e. The first-order valence-electron chi connectivity index (χ1n) is 5.74. The molecular formula is C12H18BrO4P. The Morgan fingerprint density at radius 2 is 1.89 bits per heavy atom. The van der Waals surface area contributed by atoms with Crippen LogP contribution >= 0.6 is 23.5 Å². The van der Waals surface area contributed by atoms with Crippen LogP contribution in [0.3, 0.4) is 0 Å². The molecule has 1 aromatic rings. The van der Waals surface area contributed by atoms with Crippen LogP contribution in [0.15, 0.2) is 28.7 Å². The van der Waals surface area contributed by atoms with Crippen LogP contribution in [0.2, 0.25) is 0 Å². The summed E-state index contributed by atoms with van der Waals surface area (Å²) in [6.07, 6.45) is 0. The number of methoxy groups -OCH3 is 1. The van der Waals surface area contributed by atoms with E-state index in [-0.39, 0.29) is 0 Å². The molecule has 1 unspecified atom stereocenters. The minimum absolute atomic E-state index is 0.311. The summed E-state index contributed by atoms with van der Waals surface area (Å²) in [7, 11) is -1.82. The smallest absolute Gasteiger partial charge is 0.363 e. The molecule has 0 saturated heterocycles. The zero-order chi connectivity index (χ0) is 13.6. The topological polar surface area (TPSA) is 44.8 Å². The highest BCUT2D eigenvalue weighted by molar-refractivity contribution is 9.10. The van der Waals surface area contributed by atoms with Crippen LogP contribution in [0.5, 0.6) is 0 Å². The Labute approximate surface area is 116 Å². The molecule has 1 atom stereocenters. The van der Waals surface area contributed by atoms with Gasteiger partial charge in [-0.3, -0.25) is 4.57 Å². The van der Waals surface area contributed by atoms with Gasteiger partial charge in [-0.25, -0.2) is 0 Å². The van der Waals surface area contributed by atoms with E-state index in [1.165, 1.54) is 7.11 Å². The lowest BCUT2D eigenvalue weighted by Gasteiger charge is -2.25. The Kier molecular flexibility index (Phi) is 6.53. The molecule has 0 aromatic heterocycles. The van der Waals surface area contributed by atoms with Gasteiger partial charge in [-0.05, 0) is 31.5 Å². The van der Waals surface area contributed by atoms with E-state index in [0.29, 0.717) is 13.2 Å². The Morgan fingerprint density at radius 3 is 2.33 bits per heavy atom. The molecule has 1 rings (SSSR count). The number of hydrogen-bond acceptors (Lipinski definition) is 4. The molecule has 102 valence electrons. The van der Waals surface area contributed by atoms with Crippen molar-refractivity contribution in [3.05, 3.63) is 34.3 Å². The van der Waals surface area contributed by atoms with Crippen molar-refractivity contribution in [3.8, 4) is 0 Å². The van der Waals surface area contributed by atoms with E-state index in [2.05, 4.69) is 15.9 Å². The highest BCUT2D eigenvalue weighted by atomic mass is 79.9.